The van der Waals surface area contributed by atoms with Crippen LogP contribution < -0.4 is 10.6 Å². The SMILES string of the molecule is O=C1C2=C(C(=O)c3ccccc31)[C@@]1(CS2)NC(=O)[C@H](CSC(c2ccccc2)(c2ccccc2)c2ccccc2)NC1=O. The second-order valence-corrected chi connectivity index (χ2v) is 12.9. The number of fused-ring (bicyclic) bond motifs is 2. The highest BCUT2D eigenvalue weighted by Gasteiger charge is 2.58. The fraction of sp³-hybridized carbons (Fsp3) is 0.143. The number of allylic oxidation sites excluding steroid dienone is 1. The van der Waals surface area contributed by atoms with Gasteiger partial charge >= 0.3 is 0 Å². The predicted octanol–water partition coefficient (Wildman–Crippen LogP) is 5.15. The van der Waals surface area contributed by atoms with Crippen LogP contribution in [0, 0.1) is 0 Å². The van der Waals surface area contributed by atoms with Crippen molar-refractivity contribution in [3.05, 3.63) is 154 Å². The zero-order valence-electron chi connectivity index (χ0n) is 22.9. The molecule has 0 radical (unpaired) electrons. The van der Waals surface area contributed by atoms with Crippen LogP contribution in [0.5, 0.6) is 0 Å². The molecule has 8 heteroatoms. The summed E-state index contributed by atoms with van der Waals surface area (Å²) in [6.45, 7) is 0. The van der Waals surface area contributed by atoms with Crippen molar-refractivity contribution >= 4 is 46.9 Å². The van der Waals surface area contributed by atoms with Crippen LogP contribution in [-0.4, -0.2) is 46.5 Å². The maximum Gasteiger partial charge on any atom is 0.252 e. The van der Waals surface area contributed by atoms with Crippen molar-refractivity contribution < 1.29 is 19.2 Å². The number of ketones is 2. The molecule has 2 aliphatic heterocycles. The van der Waals surface area contributed by atoms with Gasteiger partial charge in [-0.25, -0.2) is 0 Å². The third-order valence-electron chi connectivity index (χ3n) is 8.29. The van der Waals surface area contributed by atoms with Gasteiger partial charge in [-0.2, -0.15) is 0 Å². The Bertz CT molecular complexity index is 1710. The van der Waals surface area contributed by atoms with Crippen molar-refractivity contribution in [1.82, 2.24) is 10.6 Å². The molecular weight excluding hydrogens is 577 g/mol. The van der Waals surface area contributed by atoms with E-state index in [1.54, 1.807) is 36.0 Å². The smallest absolute Gasteiger partial charge is 0.252 e. The summed E-state index contributed by atoms with van der Waals surface area (Å²) in [7, 11) is 0. The molecule has 2 atom stereocenters. The van der Waals surface area contributed by atoms with Gasteiger partial charge in [-0.05, 0) is 16.7 Å². The topological polar surface area (TPSA) is 92.3 Å². The molecule has 4 aromatic rings. The van der Waals surface area contributed by atoms with Gasteiger partial charge in [0.2, 0.25) is 11.7 Å². The third kappa shape index (κ3) is 4.27. The number of Topliss-reactive ketones (excluding diaryl/α,β-unsaturated/α-hetero) is 2. The van der Waals surface area contributed by atoms with Crippen LogP contribution >= 0.6 is 23.5 Å². The first-order chi connectivity index (χ1) is 21.0. The minimum atomic E-state index is -1.59. The lowest BCUT2D eigenvalue weighted by atomic mass is 9.78. The summed E-state index contributed by atoms with van der Waals surface area (Å²) in [5.41, 5.74) is 2.20. The average molecular weight is 603 g/mol. The lowest BCUT2D eigenvalue weighted by Gasteiger charge is -2.40. The molecule has 212 valence electrons. The molecule has 2 amide bonds. The third-order valence-corrected chi connectivity index (χ3v) is 11.2. The summed E-state index contributed by atoms with van der Waals surface area (Å²) in [6, 6.07) is 36.1. The highest BCUT2D eigenvalue weighted by molar-refractivity contribution is 8.04. The fourth-order valence-corrected chi connectivity index (χ4v) is 9.12. The zero-order valence-corrected chi connectivity index (χ0v) is 24.5. The van der Waals surface area contributed by atoms with Gasteiger partial charge < -0.3 is 10.6 Å². The number of nitrogens with one attached hydrogen (secondary N) is 2. The monoisotopic (exact) mass is 602 g/mol. The standard InChI is InChI=1S/C35H26N2O4S2/c38-29-25-18-10-11-19-26(25)30(39)31-28(29)34(21-42-31)33(41)36-27(32(40)37-34)20-43-35(22-12-4-1-5-13-22,23-14-6-2-7-15-23)24-16-8-3-9-17-24/h1-19,27H,20-21H2,(H,36,41)(H,37,40)/t27-,34+/m0/s1. The molecule has 1 saturated heterocycles. The summed E-state index contributed by atoms with van der Waals surface area (Å²) in [5, 5.41) is 5.85. The molecule has 0 aromatic heterocycles. The molecule has 2 N–H and O–H groups in total. The molecular formula is C35H26N2O4S2. The molecule has 0 unspecified atom stereocenters. The summed E-state index contributed by atoms with van der Waals surface area (Å²) in [4.78, 5) is 54.8. The molecule has 7 rings (SSSR count). The van der Waals surface area contributed by atoms with Crippen molar-refractivity contribution in [2.75, 3.05) is 11.5 Å². The Hall–Kier alpha value is -4.40. The molecule has 1 spiro atoms. The van der Waals surface area contributed by atoms with E-state index in [0.717, 1.165) is 28.5 Å². The second-order valence-electron chi connectivity index (χ2n) is 10.7. The zero-order chi connectivity index (χ0) is 29.6. The Morgan fingerprint density at radius 2 is 1.19 bits per heavy atom. The Morgan fingerprint density at radius 3 is 1.72 bits per heavy atom. The first-order valence-corrected chi connectivity index (χ1v) is 15.9. The number of piperazine rings is 1. The molecule has 1 aliphatic carbocycles. The predicted molar refractivity (Wildman–Crippen MR) is 169 cm³/mol. The lowest BCUT2D eigenvalue weighted by molar-refractivity contribution is -0.138. The van der Waals surface area contributed by atoms with E-state index in [1.807, 2.05) is 54.6 Å². The van der Waals surface area contributed by atoms with Gasteiger partial charge in [-0.15, -0.1) is 23.5 Å². The Balaban J connectivity index is 1.22. The number of amides is 2. The Kier molecular flexibility index (Phi) is 6.83. The van der Waals surface area contributed by atoms with Crippen molar-refractivity contribution in [2.45, 2.75) is 16.3 Å². The highest BCUT2D eigenvalue weighted by Crippen LogP contribution is 2.50. The van der Waals surface area contributed by atoms with Gasteiger partial charge in [0.15, 0.2) is 11.3 Å². The van der Waals surface area contributed by atoms with Crippen molar-refractivity contribution in [2.24, 2.45) is 0 Å². The van der Waals surface area contributed by atoms with Gasteiger partial charge in [0.25, 0.3) is 5.91 Å². The van der Waals surface area contributed by atoms with Gasteiger partial charge in [-0.3, -0.25) is 19.2 Å². The number of carbonyl (C=O) groups is 4. The van der Waals surface area contributed by atoms with Crippen LogP contribution in [0.3, 0.4) is 0 Å². The second kappa shape index (κ2) is 10.7. The summed E-state index contributed by atoms with van der Waals surface area (Å²) in [5.74, 6) is -1.19. The van der Waals surface area contributed by atoms with E-state index in [2.05, 4.69) is 47.0 Å². The van der Waals surface area contributed by atoms with E-state index in [0.29, 0.717) is 5.56 Å². The number of thioether (sulfide) groups is 2. The highest BCUT2D eigenvalue weighted by atomic mass is 32.2. The normalized spacial score (nSPS) is 21.3. The molecule has 0 saturated carbocycles. The van der Waals surface area contributed by atoms with Gasteiger partial charge in [0.1, 0.15) is 6.04 Å². The van der Waals surface area contributed by atoms with Gasteiger partial charge in [0, 0.05) is 22.6 Å². The number of hydrogen-bond donors (Lipinski definition) is 2. The minimum Gasteiger partial charge on any atom is -0.341 e. The minimum absolute atomic E-state index is 0.0744. The largest absolute Gasteiger partial charge is 0.341 e. The van der Waals surface area contributed by atoms with Crippen LogP contribution in [-0.2, 0) is 14.3 Å². The number of carbonyl (C=O) groups excluding carboxylic acids is 4. The van der Waals surface area contributed by atoms with Gasteiger partial charge in [0.05, 0.1) is 15.2 Å². The first kappa shape index (κ1) is 27.4. The maximum atomic E-state index is 13.9. The maximum absolute atomic E-state index is 13.9. The van der Waals surface area contributed by atoms with Crippen LogP contribution in [0.25, 0.3) is 0 Å². The van der Waals surface area contributed by atoms with E-state index >= 15 is 0 Å². The quantitative estimate of drug-likeness (QED) is 0.297. The molecule has 0 bridgehead atoms. The average Bonchev–Trinajstić information content (AvgIpc) is 3.44. The van der Waals surface area contributed by atoms with Crippen LogP contribution in [0.15, 0.2) is 126 Å². The molecule has 6 nitrogen and oxygen atoms in total. The Morgan fingerprint density at radius 1 is 0.698 bits per heavy atom. The summed E-state index contributed by atoms with van der Waals surface area (Å²) < 4.78 is -0.668. The molecule has 43 heavy (non-hydrogen) atoms. The van der Waals surface area contributed by atoms with Crippen LogP contribution in [0.2, 0.25) is 0 Å². The number of benzene rings is 4. The number of rotatable bonds is 6. The van der Waals surface area contributed by atoms with E-state index < -0.39 is 28.0 Å². The lowest BCUT2D eigenvalue weighted by Crippen LogP contribution is -2.71. The molecule has 2 heterocycles. The van der Waals surface area contributed by atoms with Crippen LogP contribution in [0.4, 0.5) is 0 Å². The molecule has 1 fully saturated rings. The van der Waals surface area contributed by atoms with Crippen molar-refractivity contribution in [3.63, 3.8) is 0 Å². The van der Waals surface area contributed by atoms with Crippen molar-refractivity contribution in [1.29, 1.82) is 0 Å². The molecule has 4 aromatic carbocycles. The van der Waals surface area contributed by atoms with E-state index in [1.165, 1.54) is 0 Å². The van der Waals surface area contributed by atoms with Crippen LogP contribution in [0.1, 0.15) is 37.4 Å². The first-order valence-electron chi connectivity index (χ1n) is 14.0. The fourth-order valence-electron chi connectivity index (χ4n) is 6.20. The van der Waals surface area contributed by atoms with Gasteiger partial charge in [-0.1, -0.05) is 115 Å². The Labute approximate surface area is 257 Å². The van der Waals surface area contributed by atoms with Crippen molar-refractivity contribution in [3.8, 4) is 0 Å². The summed E-state index contributed by atoms with van der Waals surface area (Å²) >= 11 is 2.72. The number of hydrogen-bond acceptors (Lipinski definition) is 6. The molecule has 3 aliphatic rings. The van der Waals surface area contributed by atoms with E-state index in [-0.39, 0.29) is 39.2 Å². The van der Waals surface area contributed by atoms with E-state index in [4.69, 9.17) is 0 Å². The summed E-state index contributed by atoms with van der Waals surface area (Å²) in [6.07, 6.45) is 0. The van der Waals surface area contributed by atoms with E-state index in [9.17, 15) is 19.2 Å².